The lowest BCUT2D eigenvalue weighted by molar-refractivity contribution is -0.136. The highest BCUT2D eigenvalue weighted by Crippen LogP contribution is 2.29. The second-order valence-electron chi connectivity index (χ2n) is 10.6. The van der Waals surface area contributed by atoms with Crippen LogP contribution in [0.25, 0.3) is 0 Å². The summed E-state index contributed by atoms with van der Waals surface area (Å²) in [5.41, 5.74) is 6.40. The van der Waals surface area contributed by atoms with E-state index in [1.807, 2.05) is 18.2 Å². The van der Waals surface area contributed by atoms with Crippen LogP contribution in [-0.4, -0.2) is 145 Å². The van der Waals surface area contributed by atoms with Crippen molar-refractivity contribution in [1.82, 2.24) is 0 Å². The maximum Gasteiger partial charge on any atom is 0.313 e. The summed E-state index contributed by atoms with van der Waals surface area (Å²) in [5, 5.41) is 0. The van der Waals surface area contributed by atoms with Crippen molar-refractivity contribution in [3.8, 4) is 11.5 Å². The Balaban J connectivity index is 1.21. The summed E-state index contributed by atoms with van der Waals surface area (Å²) in [7, 11) is 0. The molecular formula is C35H50F5NO13. The number of para-hydroxylation sites is 2. The molecule has 19 heteroatoms. The fourth-order valence-electron chi connectivity index (χ4n) is 3.90. The molecule has 0 amide bonds. The summed E-state index contributed by atoms with van der Waals surface area (Å²) < 4.78 is 130. The number of halogens is 5. The van der Waals surface area contributed by atoms with Crippen LogP contribution in [0.2, 0.25) is 0 Å². The van der Waals surface area contributed by atoms with Crippen LogP contribution in [-0.2, 0) is 52.2 Å². The number of esters is 1. The second-order valence-corrected chi connectivity index (χ2v) is 10.6. The van der Waals surface area contributed by atoms with Gasteiger partial charge in [-0.3, -0.25) is 4.79 Å². The lowest BCUT2D eigenvalue weighted by Crippen LogP contribution is -2.16. The summed E-state index contributed by atoms with van der Waals surface area (Å²) in [6, 6.07) is 7.30. The molecule has 14 nitrogen and oxygen atoms in total. The standard InChI is InChI=1S/C35H50F5NO13/c36-30-31(37)33(39)35(34(40)32(30)38)54-29(42)5-6-43-7-8-44-9-10-45-11-12-46-13-14-47-15-16-48-17-18-49-19-20-50-21-22-51-23-24-52-25-26-53-28-4-2-1-3-27(28)41/h1-4H,5-26,41H2. The van der Waals surface area contributed by atoms with E-state index in [2.05, 4.69) is 4.74 Å². The molecule has 0 bridgehead atoms. The molecule has 0 heterocycles. The quantitative estimate of drug-likeness (QED) is 0.0206. The van der Waals surface area contributed by atoms with Crippen LogP contribution in [0.15, 0.2) is 24.3 Å². The Labute approximate surface area is 311 Å². The highest BCUT2D eigenvalue weighted by Gasteiger charge is 2.28. The van der Waals surface area contributed by atoms with Gasteiger partial charge in [-0.05, 0) is 12.1 Å². The van der Waals surface area contributed by atoms with E-state index in [4.69, 9.17) is 57.8 Å². The van der Waals surface area contributed by atoms with E-state index in [1.54, 1.807) is 6.07 Å². The summed E-state index contributed by atoms with van der Waals surface area (Å²) in [6.45, 7) is 7.49. The van der Waals surface area contributed by atoms with Gasteiger partial charge in [-0.25, -0.2) is 13.2 Å². The molecule has 0 aliphatic heterocycles. The third-order valence-electron chi connectivity index (χ3n) is 6.59. The van der Waals surface area contributed by atoms with Gasteiger partial charge < -0.3 is 62.6 Å². The fraction of sp³-hybridized carbons (Fsp3) is 0.629. The zero-order chi connectivity index (χ0) is 39.1. The smallest absolute Gasteiger partial charge is 0.313 e. The molecule has 0 aromatic heterocycles. The van der Waals surface area contributed by atoms with Gasteiger partial charge in [0.25, 0.3) is 0 Å². The average Bonchev–Trinajstić information content (AvgIpc) is 3.17. The molecule has 2 rings (SSSR count). The monoisotopic (exact) mass is 787 g/mol. The molecule has 0 fully saturated rings. The van der Waals surface area contributed by atoms with Crippen LogP contribution in [0.3, 0.4) is 0 Å². The van der Waals surface area contributed by atoms with Crippen LogP contribution >= 0.6 is 0 Å². The molecule has 0 radical (unpaired) electrons. The molecule has 0 unspecified atom stereocenters. The van der Waals surface area contributed by atoms with E-state index in [0.717, 1.165) is 0 Å². The van der Waals surface area contributed by atoms with Crippen molar-refractivity contribution in [2.24, 2.45) is 0 Å². The van der Waals surface area contributed by atoms with Crippen LogP contribution in [0.4, 0.5) is 27.6 Å². The Morgan fingerprint density at radius 1 is 0.426 bits per heavy atom. The molecular weight excluding hydrogens is 737 g/mol. The molecule has 2 aromatic rings. The number of hydrogen-bond acceptors (Lipinski definition) is 14. The minimum atomic E-state index is -2.35. The minimum absolute atomic E-state index is 0.0775. The van der Waals surface area contributed by atoms with Gasteiger partial charge in [-0.15, -0.1) is 0 Å². The van der Waals surface area contributed by atoms with Gasteiger partial charge in [-0.2, -0.15) is 8.78 Å². The Kier molecular flexibility index (Phi) is 26.9. The summed E-state index contributed by atoms with van der Waals surface area (Å²) in [6.07, 6.45) is -0.489. The first-order valence-corrected chi connectivity index (χ1v) is 17.3. The molecule has 0 aliphatic carbocycles. The third kappa shape index (κ3) is 21.6. The van der Waals surface area contributed by atoms with Crippen LogP contribution < -0.4 is 15.2 Å². The van der Waals surface area contributed by atoms with E-state index >= 15 is 0 Å². The normalized spacial score (nSPS) is 11.4. The maximum absolute atomic E-state index is 13.5. The molecule has 0 atom stereocenters. The number of ether oxygens (including phenoxy) is 12. The topological polar surface area (TPSA) is 154 Å². The molecule has 0 spiro atoms. The second kappa shape index (κ2) is 31.0. The third-order valence-corrected chi connectivity index (χ3v) is 6.59. The van der Waals surface area contributed by atoms with Crippen molar-refractivity contribution >= 4 is 11.7 Å². The Morgan fingerprint density at radius 2 is 0.722 bits per heavy atom. The van der Waals surface area contributed by atoms with Crippen molar-refractivity contribution in [3.63, 3.8) is 0 Å². The van der Waals surface area contributed by atoms with E-state index in [1.165, 1.54) is 0 Å². The fourth-order valence-corrected chi connectivity index (χ4v) is 3.90. The number of nitrogens with two attached hydrogens (primary N) is 1. The van der Waals surface area contributed by atoms with Crippen molar-refractivity contribution in [1.29, 1.82) is 0 Å². The molecule has 0 saturated carbocycles. The van der Waals surface area contributed by atoms with Gasteiger partial charge in [0.15, 0.2) is 0 Å². The first-order chi connectivity index (χ1) is 26.3. The number of rotatable bonds is 35. The lowest BCUT2D eigenvalue weighted by Gasteiger charge is -2.10. The van der Waals surface area contributed by atoms with E-state index < -0.39 is 47.2 Å². The van der Waals surface area contributed by atoms with Crippen LogP contribution in [0, 0.1) is 29.1 Å². The van der Waals surface area contributed by atoms with Gasteiger partial charge in [0.05, 0.1) is 144 Å². The van der Waals surface area contributed by atoms with E-state index in [-0.39, 0.29) is 26.4 Å². The van der Waals surface area contributed by atoms with Crippen molar-refractivity contribution in [3.05, 3.63) is 53.4 Å². The number of carbonyl (C=O) groups excluding carboxylic acids is 1. The van der Waals surface area contributed by atoms with Gasteiger partial charge in [0, 0.05) is 0 Å². The minimum Gasteiger partial charge on any atom is -0.489 e. The zero-order valence-electron chi connectivity index (χ0n) is 30.1. The summed E-state index contributed by atoms with van der Waals surface area (Å²) in [5.74, 6) is -13.5. The predicted octanol–water partition coefficient (Wildman–Crippen LogP) is 3.50. The molecule has 2 aromatic carbocycles. The van der Waals surface area contributed by atoms with Gasteiger partial charge in [0.1, 0.15) is 12.4 Å². The number of hydrogen-bond donors (Lipinski definition) is 1. The Hall–Kier alpha value is -3.24. The predicted molar refractivity (Wildman–Crippen MR) is 181 cm³/mol. The maximum atomic E-state index is 13.5. The number of benzene rings is 2. The van der Waals surface area contributed by atoms with E-state index in [0.29, 0.717) is 124 Å². The molecule has 308 valence electrons. The van der Waals surface area contributed by atoms with Crippen molar-refractivity contribution in [2.45, 2.75) is 6.42 Å². The van der Waals surface area contributed by atoms with E-state index in [9.17, 15) is 26.7 Å². The summed E-state index contributed by atoms with van der Waals surface area (Å²) in [4.78, 5) is 11.7. The largest absolute Gasteiger partial charge is 0.489 e. The van der Waals surface area contributed by atoms with Crippen LogP contribution in [0.1, 0.15) is 6.42 Å². The molecule has 0 saturated heterocycles. The molecule has 0 aliphatic rings. The Bertz CT molecular complexity index is 1260. The van der Waals surface area contributed by atoms with Gasteiger partial charge in [0.2, 0.25) is 34.8 Å². The highest BCUT2D eigenvalue weighted by molar-refractivity contribution is 5.72. The summed E-state index contributed by atoms with van der Waals surface area (Å²) >= 11 is 0. The number of carbonyl (C=O) groups is 1. The Morgan fingerprint density at radius 3 is 1.07 bits per heavy atom. The number of nitrogen functional groups attached to an aromatic ring is 1. The van der Waals surface area contributed by atoms with Gasteiger partial charge >= 0.3 is 5.97 Å². The van der Waals surface area contributed by atoms with Crippen molar-refractivity contribution in [2.75, 3.05) is 144 Å². The first kappa shape index (κ1) is 46.9. The SMILES string of the molecule is Nc1ccccc1OCCOCCOCCOCCOCCOCCOCCOCCOCCOCCOCCC(=O)Oc1c(F)c(F)c(F)c(F)c1F. The highest BCUT2D eigenvalue weighted by atomic mass is 19.2. The van der Waals surface area contributed by atoms with Crippen LogP contribution in [0.5, 0.6) is 11.5 Å². The van der Waals surface area contributed by atoms with Crippen molar-refractivity contribution < 1.29 is 83.6 Å². The zero-order valence-corrected chi connectivity index (χ0v) is 30.1. The van der Waals surface area contributed by atoms with Gasteiger partial charge in [-0.1, -0.05) is 12.1 Å². The lowest BCUT2D eigenvalue weighted by atomic mass is 10.2. The first-order valence-electron chi connectivity index (χ1n) is 17.3. The molecule has 54 heavy (non-hydrogen) atoms. The average molecular weight is 788 g/mol. The number of anilines is 1. The molecule has 2 N–H and O–H groups in total.